The number of nitrogens with one attached hydrogen (secondary N) is 2. The normalized spacial score (nSPS) is 16.8. The van der Waals surface area contributed by atoms with Crippen molar-refractivity contribution in [2.45, 2.75) is 31.8 Å². The van der Waals surface area contributed by atoms with Gasteiger partial charge in [-0.25, -0.2) is 4.79 Å². The van der Waals surface area contributed by atoms with Crippen molar-refractivity contribution in [3.8, 4) is 0 Å². The smallest absolute Gasteiger partial charge is 0.315 e. The summed E-state index contributed by atoms with van der Waals surface area (Å²) in [4.78, 5) is 14.8. The zero-order chi connectivity index (χ0) is 18.4. The zero-order valence-corrected chi connectivity index (χ0v) is 15.9. The number of hydrogen-bond donors (Lipinski definition) is 2. The number of nitrogens with zero attached hydrogens (tertiary/aromatic N) is 1. The molecule has 0 spiro atoms. The summed E-state index contributed by atoms with van der Waals surface area (Å²) in [5, 5.41) is 6.72. The van der Waals surface area contributed by atoms with Gasteiger partial charge in [-0.2, -0.15) is 0 Å². The zero-order valence-electron chi connectivity index (χ0n) is 15.1. The number of rotatable bonds is 6. The van der Waals surface area contributed by atoms with Gasteiger partial charge in [0, 0.05) is 11.6 Å². The highest BCUT2D eigenvalue weighted by atomic mass is 35.5. The summed E-state index contributed by atoms with van der Waals surface area (Å²) in [7, 11) is 0. The first kappa shape index (κ1) is 18.7. The van der Waals surface area contributed by atoms with E-state index in [2.05, 4.69) is 39.8 Å². The van der Waals surface area contributed by atoms with Crippen LogP contribution in [-0.2, 0) is 0 Å². The van der Waals surface area contributed by atoms with Gasteiger partial charge >= 0.3 is 6.03 Å². The summed E-state index contributed by atoms with van der Waals surface area (Å²) in [6.45, 7) is 4.72. The molecule has 26 heavy (non-hydrogen) atoms. The van der Waals surface area contributed by atoms with E-state index < -0.39 is 0 Å². The van der Waals surface area contributed by atoms with Gasteiger partial charge in [-0.05, 0) is 56.1 Å². The molecule has 1 heterocycles. The predicted octanol–water partition coefficient (Wildman–Crippen LogP) is 4.54. The topological polar surface area (TPSA) is 44.4 Å². The molecule has 2 atom stereocenters. The van der Waals surface area contributed by atoms with Crippen LogP contribution in [0.15, 0.2) is 54.6 Å². The Morgan fingerprint density at radius 1 is 1.08 bits per heavy atom. The second-order valence-corrected chi connectivity index (χ2v) is 7.24. The Balaban J connectivity index is 1.59. The number of amides is 2. The van der Waals surface area contributed by atoms with Gasteiger partial charge in [0.15, 0.2) is 0 Å². The van der Waals surface area contributed by atoms with E-state index in [0.717, 1.165) is 18.7 Å². The maximum atomic E-state index is 12.4. The van der Waals surface area contributed by atoms with Gasteiger partial charge in [0.1, 0.15) is 0 Å². The highest BCUT2D eigenvalue weighted by molar-refractivity contribution is 6.30. The summed E-state index contributed by atoms with van der Waals surface area (Å²) in [5.41, 5.74) is 2.24. The molecule has 0 aliphatic carbocycles. The second kappa shape index (κ2) is 9.06. The summed E-state index contributed by atoms with van der Waals surface area (Å²) >= 11 is 6.03. The molecule has 138 valence electrons. The average molecular weight is 372 g/mol. The molecule has 0 bridgehead atoms. The summed E-state index contributed by atoms with van der Waals surface area (Å²) in [6, 6.07) is 17.9. The van der Waals surface area contributed by atoms with Crippen molar-refractivity contribution >= 4 is 17.6 Å². The number of urea groups is 1. The number of hydrogen-bond acceptors (Lipinski definition) is 2. The minimum atomic E-state index is -0.155. The van der Waals surface area contributed by atoms with Crippen molar-refractivity contribution in [1.82, 2.24) is 15.5 Å². The van der Waals surface area contributed by atoms with Crippen LogP contribution in [-0.4, -0.2) is 30.6 Å². The van der Waals surface area contributed by atoms with E-state index in [4.69, 9.17) is 11.6 Å². The standard InChI is InChI=1S/C21H26ClN3O/c1-16(18-10-7-11-19(22)14-18)24-21(26)23-15-20(25-12-5-6-13-25)17-8-3-2-4-9-17/h2-4,7-11,14,16,20H,5-6,12-13,15H2,1H3,(H2,23,24,26). The Labute approximate surface area is 160 Å². The third-order valence-corrected chi connectivity index (χ3v) is 5.15. The molecule has 2 unspecified atom stereocenters. The summed E-state index contributed by atoms with van der Waals surface area (Å²) in [5.74, 6) is 0. The third kappa shape index (κ3) is 4.99. The molecular weight excluding hydrogens is 346 g/mol. The van der Waals surface area contributed by atoms with E-state index in [0.29, 0.717) is 11.6 Å². The maximum absolute atomic E-state index is 12.4. The van der Waals surface area contributed by atoms with Crippen LogP contribution in [0.5, 0.6) is 0 Å². The fraction of sp³-hybridized carbons (Fsp3) is 0.381. The fourth-order valence-electron chi connectivity index (χ4n) is 3.48. The van der Waals surface area contributed by atoms with Crippen molar-refractivity contribution in [3.63, 3.8) is 0 Å². The molecular formula is C21H26ClN3O. The van der Waals surface area contributed by atoms with Gasteiger partial charge in [-0.1, -0.05) is 54.1 Å². The first-order valence-electron chi connectivity index (χ1n) is 9.22. The minimum Gasteiger partial charge on any atom is -0.336 e. The predicted molar refractivity (Wildman–Crippen MR) is 106 cm³/mol. The van der Waals surface area contributed by atoms with E-state index in [-0.39, 0.29) is 18.1 Å². The molecule has 1 fully saturated rings. The maximum Gasteiger partial charge on any atom is 0.315 e. The van der Waals surface area contributed by atoms with E-state index in [1.807, 2.05) is 37.3 Å². The monoisotopic (exact) mass is 371 g/mol. The third-order valence-electron chi connectivity index (χ3n) is 4.92. The summed E-state index contributed by atoms with van der Waals surface area (Å²) in [6.07, 6.45) is 2.45. The van der Waals surface area contributed by atoms with Gasteiger partial charge in [0.25, 0.3) is 0 Å². The molecule has 5 heteroatoms. The van der Waals surface area contributed by atoms with Gasteiger partial charge in [-0.15, -0.1) is 0 Å². The van der Waals surface area contributed by atoms with Crippen LogP contribution >= 0.6 is 11.6 Å². The first-order valence-corrected chi connectivity index (χ1v) is 9.60. The molecule has 2 amide bonds. The van der Waals surface area contributed by atoms with E-state index in [1.165, 1.54) is 18.4 Å². The number of benzene rings is 2. The molecule has 0 aromatic heterocycles. The summed E-state index contributed by atoms with van der Waals surface area (Å²) < 4.78 is 0. The van der Waals surface area contributed by atoms with Crippen molar-refractivity contribution in [3.05, 3.63) is 70.7 Å². The lowest BCUT2D eigenvalue weighted by molar-refractivity contribution is 0.219. The Hall–Kier alpha value is -2.04. The first-order chi connectivity index (χ1) is 12.6. The number of halogens is 1. The van der Waals surface area contributed by atoms with Crippen LogP contribution in [0.3, 0.4) is 0 Å². The lowest BCUT2D eigenvalue weighted by Gasteiger charge is -2.28. The SMILES string of the molecule is CC(NC(=O)NCC(c1ccccc1)N1CCCC1)c1cccc(Cl)c1. The van der Waals surface area contributed by atoms with E-state index in [1.54, 1.807) is 0 Å². The Bertz CT molecular complexity index is 716. The van der Waals surface area contributed by atoms with Gasteiger partial charge in [-0.3, -0.25) is 4.90 Å². The lowest BCUT2D eigenvalue weighted by Crippen LogP contribution is -2.42. The molecule has 0 radical (unpaired) electrons. The number of likely N-dealkylation sites (tertiary alicyclic amines) is 1. The minimum absolute atomic E-state index is 0.101. The Morgan fingerprint density at radius 3 is 2.46 bits per heavy atom. The Morgan fingerprint density at radius 2 is 1.77 bits per heavy atom. The Kier molecular flexibility index (Phi) is 6.53. The number of carbonyl (C=O) groups excluding carboxylic acids is 1. The second-order valence-electron chi connectivity index (χ2n) is 6.80. The van der Waals surface area contributed by atoms with Crippen LogP contribution < -0.4 is 10.6 Å². The molecule has 1 aliphatic rings. The van der Waals surface area contributed by atoms with Crippen LogP contribution in [0.2, 0.25) is 5.02 Å². The molecule has 2 aromatic carbocycles. The van der Waals surface area contributed by atoms with Gasteiger partial charge in [0.2, 0.25) is 0 Å². The molecule has 2 N–H and O–H groups in total. The van der Waals surface area contributed by atoms with Crippen LogP contribution in [0.25, 0.3) is 0 Å². The van der Waals surface area contributed by atoms with E-state index >= 15 is 0 Å². The van der Waals surface area contributed by atoms with Crippen LogP contribution in [0, 0.1) is 0 Å². The lowest BCUT2D eigenvalue weighted by atomic mass is 10.1. The van der Waals surface area contributed by atoms with Crippen molar-refractivity contribution in [2.75, 3.05) is 19.6 Å². The van der Waals surface area contributed by atoms with E-state index in [9.17, 15) is 4.79 Å². The quantitative estimate of drug-likeness (QED) is 0.783. The van der Waals surface area contributed by atoms with Gasteiger partial charge in [0.05, 0.1) is 12.1 Å². The molecule has 0 saturated carbocycles. The van der Waals surface area contributed by atoms with Crippen molar-refractivity contribution in [1.29, 1.82) is 0 Å². The van der Waals surface area contributed by atoms with Crippen molar-refractivity contribution < 1.29 is 4.79 Å². The van der Waals surface area contributed by atoms with Crippen molar-refractivity contribution in [2.24, 2.45) is 0 Å². The van der Waals surface area contributed by atoms with Crippen LogP contribution in [0.1, 0.15) is 43.0 Å². The van der Waals surface area contributed by atoms with Gasteiger partial charge < -0.3 is 10.6 Å². The highest BCUT2D eigenvalue weighted by Crippen LogP contribution is 2.24. The number of carbonyl (C=O) groups is 1. The highest BCUT2D eigenvalue weighted by Gasteiger charge is 2.24. The molecule has 2 aromatic rings. The molecule has 4 nitrogen and oxygen atoms in total. The average Bonchev–Trinajstić information content (AvgIpc) is 3.17. The van der Waals surface area contributed by atoms with Crippen LogP contribution in [0.4, 0.5) is 4.79 Å². The molecule has 1 saturated heterocycles. The fourth-order valence-corrected chi connectivity index (χ4v) is 3.68. The molecule has 1 aliphatic heterocycles. The largest absolute Gasteiger partial charge is 0.336 e. The molecule has 3 rings (SSSR count).